The lowest BCUT2D eigenvalue weighted by atomic mass is 10.0. The van der Waals surface area contributed by atoms with E-state index in [4.69, 9.17) is 28.9 Å². The van der Waals surface area contributed by atoms with Gasteiger partial charge in [0.05, 0.1) is 6.04 Å². The van der Waals surface area contributed by atoms with Gasteiger partial charge in [0, 0.05) is 22.6 Å². The van der Waals surface area contributed by atoms with Gasteiger partial charge in [-0.1, -0.05) is 43.1 Å². The van der Waals surface area contributed by atoms with Crippen LogP contribution < -0.4 is 5.73 Å². The third-order valence-electron chi connectivity index (χ3n) is 3.63. The smallest absolute Gasteiger partial charge is 0.240 e. The molecule has 1 aliphatic carbocycles. The third kappa shape index (κ3) is 3.66. The van der Waals surface area contributed by atoms with Crippen LogP contribution in [-0.2, 0) is 11.3 Å². The molecule has 1 amide bonds. The van der Waals surface area contributed by atoms with Crippen molar-refractivity contribution in [3.63, 3.8) is 0 Å². The highest BCUT2D eigenvalue weighted by Crippen LogP contribution is 2.31. The summed E-state index contributed by atoms with van der Waals surface area (Å²) in [6.45, 7) is 4.42. The fraction of sp³-hybridized carbons (Fsp3) is 0.533. The molecule has 2 rings (SSSR count). The lowest BCUT2D eigenvalue weighted by Gasteiger charge is -2.27. The number of hydrogen-bond acceptors (Lipinski definition) is 2. The van der Waals surface area contributed by atoms with Gasteiger partial charge in [0.2, 0.25) is 5.91 Å². The van der Waals surface area contributed by atoms with Gasteiger partial charge in [-0.05, 0) is 36.5 Å². The Balaban J connectivity index is 2.15. The minimum Gasteiger partial charge on any atom is -0.334 e. The summed E-state index contributed by atoms with van der Waals surface area (Å²) in [6, 6.07) is 5.21. The molecular weight excluding hydrogens is 295 g/mol. The topological polar surface area (TPSA) is 46.3 Å². The van der Waals surface area contributed by atoms with Gasteiger partial charge in [-0.25, -0.2) is 0 Å². The summed E-state index contributed by atoms with van der Waals surface area (Å²) in [5, 5.41) is 1.19. The third-order valence-corrected chi connectivity index (χ3v) is 4.22. The average Bonchev–Trinajstić information content (AvgIpc) is 3.20. The van der Waals surface area contributed by atoms with E-state index >= 15 is 0 Å². The highest BCUT2D eigenvalue weighted by atomic mass is 35.5. The number of carbonyl (C=O) groups excluding carboxylic acids is 1. The zero-order chi connectivity index (χ0) is 14.9. The molecule has 1 saturated carbocycles. The maximum atomic E-state index is 12.5. The molecule has 20 heavy (non-hydrogen) atoms. The van der Waals surface area contributed by atoms with Crippen molar-refractivity contribution in [3.05, 3.63) is 33.8 Å². The number of nitrogens with zero attached hydrogens (tertiary/aromatic N) is 1. The quantitative estimate of drug-likeness (QED) is 0.904. The van der Waals surface area contributed by atoms with Gasteiger partial charge in [0.15, 0.2) is 0 Å². The number of carbonyl (C=O) groups is 1. The van der Waals surface area contributed by atoms with Crippen molar-refractivity contribution in [1.82, 2.24) is 4.90 Å². The van der Waals surface area contributed by atoms with Gasteiger partial charge in [-0.3, -0.25) is 4.79 Å². The van der Waals surface area contributed by atoms with Gasteiger partial charge in [-0.2, -0.15) is 0 Å². The van der Waals surface area contributed by atoms with Crippen molar-refractivity contribution in [2.75, 3.05) is 0 Å². The molecule has 1 fully saturated rings. The van der Waals surface area contributed by atoms with Gasteiger partial charge >= 0.3 is 0 Å². The van der Waals surface area contributed by atoms with E-state index in [0.29, 0.717) is 22.6 Å². The minimum atomic E-state index is -0.457. The predicted molar refractivity (Wildman–Crippen MR) is 82.8 cm³/mol. The normalized spacial score (nSPS) is 16.3. The monoisotopic (exact) mass is 314 g/mol. The van der Waals surface area contributed by atoms with Gasteiger partial charge in [0.25, 0.3) is 0 Å². The maximum Gasteiger partial charge on any atom is 0.240 e. The molecule has 1 atom stereocenters. The van der Waals surface area contributed by atoms with E-state index in [2.05, 4.69) is 0 Å². The Labute approximate surface area is 130 Å². The van der Waals surface area contributed by atoms with Crippen LogP contribution in [0.1, 0.15) is 32.3 Å². The molecule has 1 unspecified atom stereocenters. The first-order valence-electron chi connectivity index (χ1n) is 6.90. The predicted octanol–water partition coefficient (Wildman–Crippen LogP) is 3.47. The molecule has 1 aliphatic rings. The Kier molecular flexibility index (Phi) is 4.95. The number of amides is 1. The second-order valence-corrected chi connectivity index (χ2v) is 6.55. The molecule has 0 saturated heterocycles. The zero-order valence-corrected chi connectivity index (χ0v) is 13.3. The first-order chi connectivity index (χ1) is 9.40. The molecule has 2 N–H and O–H groups in total. The summed E-state index contributed by atoms with van der Waals surface area (Å²) < 4.78 is 0. The molecule has 0 heterocycles. The molecule has 1 aromatic carbocycles. The van der Waals surface area contributed by atoms with Crippen molar-refractivity contribution in [1.29, 1.82) is 0 Å². The van der Waals surface area contributed by atoms with E-state index in [1.165, 1.54) is 0 Å². The second kappa shape index (κ2) is 6.33. The van der Waals surface area contributed by atoms with Crippen molar-refractivity contribution in [2.45, 2.75) is 45.3 Å². The average molecular weight is 315 g/mol. The summed E-state index contributed by atoms with van der Waals surface area (Å²) in [4.78, 5) is 14.3. The Bertz CT molecular complexity index is 501. The SMILES string of the molecule is CC(C)C(N)C(=O)N(Cc1ccc(Cl)cc1Cl)C1CC1. The fourth-order valence-electron chi connectivity index (χ4n) is 2.08. The van der Waals surface area contributed by atoms with E-state index < -0.39 is 6.04 Å². The van der Waals surface area contributed by atoms with Gasteiger partial charge in [-0.15, -0.1) is 0 Å². The number of benzene rings is 1. The van der Waals surface area contributed by atoms with Crippen LogP contribution in [0.2, 0.25) is 10.0 Å². The van der Waals surface area contributed by atoms with Crippen molar-refractivity contribution in [3.8, 4) is 0 Å². The van der Waals surface area contributed by atoms with Crippen LogP contribution in [0.4, 0.5) is 0 Å². The number of nitrogens with two attached hydrogens (primary N) is 1. The number of hydrogen-bond donors (Lipinski definition) is 1. The van der Waals surface area contributed by atoms with Crippen molar-refractivity contribution >= 4 is 29.1 Å². The molecule has 0 aromatic heterocycles. The van der Waals surface area contributed by atoms with E-state index in [9.17, 15) is 4.79 Å². The fourth-order valence-corrected chi connectivity index (χ4v) is 2.55. The summed E-state index contributed by atoms with van der Waals surface area (Å²) >= 11 is 12.1. The molecule has 0 bridgehead atoms. The Morgan fingerprint density at radius 2 is 2.05 bits per heavy atom. The second-order valence-electron chi connectivity index (χ2n) is 5.70. The highest BCUT2D eigenvalue weighted by Gasteiger charge is 2.35. The summed E-state index contributed by atoms with van der Waals surface area (Å²) in [5.74, 6) is 0.137. The Morgan fingerprint density at radius 1 is 1.40 bits per heavy atom. The van der Waals surface area contributed by atoms with Crippen LogP contribution in [0.5, 0.6) is 0 Å². The van der Waals surface area contributed by atoms with Gasteiger partial charge < -0.3 is 10.6 Å². The maximum absolute atomic E-state index is 12.5. The molecule has 1 aromatic rings. The highest BCUT2D eigenvalue weighted by molar-refractivity contribution is 6.35. The van der Waals surface area contributed by atoms with Crippen LogP contribution >= 0.6 is 23.2 Å². The van der Waals surface area contributed by atoms with Crippen LogP contribution in [-0.4, -0.2) is 22.9 Å². The summed E-state index contributed by atoms with van der Waals surface area (Å²) in [7, 11) is 0. The van der Waals surface area contributed by atoms with Crippen molar-refractivity contribution < 1.29 is 4.79 Å². The summed E-state index contributed by atoms with van der Waals surface area (Å²) in [6.07, 6.45) is 2.09. The molecule has 0 spiro atoms. The van der Waals surface area contributed by atoms with Crippen LogP contribution in [0.25, 0.3) is 0 Å². The molecule has 0 radical (unpaired) electrons. The van der Waals surface area contributed by atoms with E-state index in [0.717, 1.165) is 18.4 Å². The zero-order valence-electron chi connectivity index (χ0n) is 11.8. The first kappa shape index (κ1) is 15.6. The van der Waals surface area contributed by atoms with Crippen LogP contribution in [0, 0.1) is 5.92 Å². The van der Waals surface area contributed by atoms with E-state index in [1.54, 1.807) is 12.1 Å². The van der Waals surface area contributed by atoms with E-state index in [1.807, 2.05) is 24.8 Å². The molecule has 110 valence electrons. The van der Waals surface area contributed by atoms with Crippen molar-refractivity contribution in [2.24, 2.45) is 11.7 Å². The summed E-state index contributed by atoms with van der Waals surface area (Å²) in [5.41, 5.74) is 6.91. The molecule has 0 aliphatic heterocycles. The minimum absolute atomic E-state index is 0.00789. The number of halogens is 2. The number of rotatable bonds is 5. The van der Waals surface area contributed by atoms with Gasteiger partial charge in [0.1, 0.15) is 0 Å². The van der Waals surface area contributed by atoms with Crippen LogP contribution in [0.3, 0.4) is 0 Å². The first-order valence-corrected chi connectivity index (χ1v) is 7.65. The lowest BCUT2D eigenvalue weighted by Crippen LogP contribution is -2.47. The lowest BCUT2D eigenvalue weighted by molar-refractivity contribution is -0.134. The molecule has 3 nitrogen and oxygen atoms in total. The Morgan fingerprint density at radius 3 is 2.55 bits per heavy atom. The van der Waals surface area contributed by atoms with Crippen LogP contribution in [0.15, 0.2) is 18.2 Å². The molecule has 5 heteroatoms. The largest absolute Gasteiger partial charge is 0.334 e. The van der Waals surface area contributed by atoms with E-state index in [-0.39, 0.29) is 11.8 Å². The standard InChI is InChI=1S/C15H20Cl2N2O/c1-9(2)14(18)15(20)19(12-5-6-12)8-10-3-4-11(16)7-13(10)17/h3-4,7,9,12,14H,5-6,8,18H2,1-2H3. The Hall–Kier alpha value is -0.770. The molecular formula is C15H20Cl2N2O.